The van der Waals surface area contributed by atoms with Gasteiger partial charge in [0.1, 0.15) is 0 Å². The molecule has 2 aliphatic carbocycles. The first-order chi connectivity index (χ1) is 21.1. The summed E-state index contributed by atoms with van der Waals surface area (Å²) in [5.74, 6) is 1.37. The molecule has 2 heterocycles. The van der Waals surface area contributed by atoms with E-state index in [0.717, 1.165) is 63.9 Å². The van der Waals surface area contributed by atoms with Crippen molar-refractivity contribution >= 4 is 16.7 Å². The Balaban J connectivity index is 1.03. The number of H-pyrrole nitrogens is 1. The largest absolute Gasteiger partial charge is 0.481 e. The fraction of sp³-hybridized carbons (Fsp3) is 0.474. The lowest BCUT2D eigenvalue weighted by Gasteiger charge is -2.35. The maximum atomic E-state index is 12.6. The molecule has 0 bridgehead atoms. The Labute approximate surface area is 255 Å². The molecule has 1 aromatic heterocycles. The summed E-state index contributed by atoms with van der Waals surface area (Å²) in [4.78, 5) is 15.3. The van der Waals surface area contributed by atoms with Gasteiger partial charge in [-0.15, -0.1) is 0 Å². The van der Waals surface area contributed by atoms with Crippen molar-refractivity contribution in [2.45, 2.75) is 69.6 Å². The molecule has 2 N–H and O–H groups in total. The molecule has 4 atom stereocenters. The van der Waals surface area contributed by atoms with Crippen LogP contribution in [0.2, 0.25) is 0 Å². The van der Waals surface area contributed by atoms with E-state index in [4.69, 9.17) is 5.10 Å². The van der Waals surface area contributed by atoms with Crippen molar-refractivity contribution in [1.82, 2.24) is 15.1 Å². The Hall–Kier alpha value is -3.44. The van der Waals surface area contributed by atoms with E-state index >= 15 is 0 Å². The average Bonchev–Trinajstić information content (AvgIpc) is 3.70. The number of carbonyl (C=O) groups is 1. The zero-order valence-corrected chi connectivity index (χ0v) is 25.2. The lowest BCUT2D eigenvalue weighted by Crippen LogP contribution is -2.37. The number of carboxylic acid groups (broad SMARTS) is 1. The quantitative estimate of drug-likeness (QED) is 0.221. The van der Waals surface area contributed by atoms with Crippen molar-refractivity contribution in [1.29, 1.82) is 0 Å². The molecule has 224 valence electrons. The van der Waals surface area contributed by atoms with E-state index in [2.05, 4.69) is 88.9 Å². The fourth-order valence-corrected chi connectivity index (χ4v) is 8.94. The highest BCUT2D eigenvalue weighted by Crippen LogP contribution is 2.50. The number of carboxylic acids is 1. The molecular formula is C38H45N3O2. The van der Waals surface area contributed by atoms with E-state index in [1.54, 1.807) is 0 Å². The molecule has 4 unspecified atom stereocenters. The van der Waals surface area contributed by atoms with Gasteiger partial charge in [0.05, 0.1) is 11.6 Å². The second-order valence-corrected chi connectivity index (χ2v) is 13.6. The van der Waals surface area contributed by atoms with Gasteiger partial charge < -0.3 is 10.0 Å². The van der Waals surface area contributed by atoms with E-state index in [1.807, 2.05) is 0 Å². The fourth-order valence-electron chi connectivity index (χ4n) is 8.94. The second kappa shape index (κ2) is 12.7. The normalized spacial score (nSPS) is 24.8. The molecule has 1 aliphatic heterocycles. The number of nitrogens with zero attached hydrogens (tertiary/aromatic N) is 2. The Morgan fingerprint density at radius 2 is 1.60 bits per heavy atom. The number of aliphatic carboxylic acids is 1. The van der Waals surface area contributed by atoms with Gasteiger partial charge in [-0.25, -0.2) is 0 Å². The predicted molar refractivity (Wildman–Crippen MR) is 173 cm³/mol. The third kappa shape index (κ3) is 6.02. The summed E-state index contributed by atoms with van der Waals surface area (Å²) >= 11 is 0. The molecule has 5 nitrogen and oxygen atoms in total. The molecule has 4 aromatic rings. The van der Waals surface area contributed by atoms with Crippen LogP contribution in [-0.2, 0) is 4.79 Å². The van der Waals surface area contributed by atoms with E-state index in [9.17, 15) is 9.90 Å². The highest BCUT2D eigenvalue weighted by atomic mass is 16.4. The summed E-state index contributed by atoms with van der Waals surface area (Å²) in [7, 11) is 0. The molecule has 1 saturated heterocycles. The first-order valence-electron chi connectivity index (χ1n) is 16.7. The molecule has 0 amide bonds. The zero-order chi connectivity index (χ0) is 29.2. The third-order valence-electron chi connectivity index (χ3n) is 11.1. The van der Waals surface area contributed by atoms with Crippen LogP contribution in [0.4, 0.5) is 0 Å². The second-order valence-electron chi connectivity index (χ2n) is 13.6. The van der Waals surface area contributed by atoms with Crippen LogP contribution in [0.25, 0.3) is 22.0 Å². The summed E-state index contributed by atoms with van der Waals surface area (Å²) in [5.41, 5.74) is 4.87. The highest BCUT2D eigenvalue weighted by Gasteiger charge is 2.44. The third-order valence-corrected chi connectivity index (χ3v) is 11.1. The number of aromatic amines is 1. The lowest BCUT2D eigenvalue weighted by molar-refractivity contribution is -0.146. The van der Waals surface area contributed by atoms with Crippen molar-refractivity contribution in [2.24, 2.45) is 23.7 Å². The Morgan fingerprint density at radius 1 is 0.860 bits per heavy atom. The van der Waals surface area contributed by atoms with Gasteiger partial charge in [-0.1, -0.05) is 92.1 Å². The van der Waals surface area contributed by atoms with Crippen molar-refractivity contribution in [3.05, 3.63) is 90.1 Å². The summed E-state index contributed by atoms with van der Waals surface area (Å²) in [6, 6.07) is 28.2. The number of likely N-dealkylation sites (tertiary alicyclic amines) is 1. The van der Waals surface area contributed by atoms with Crippen LogP contribution >= 0.6 is 0 Å². The molecule has 3 fully saturated rings. The number of benzene rings is 3. The summed E-state index contributed by atoms with van der Waals surface area (Å²) in [5, 5.41) is 21.0. The molecule has 5 heteroatoms. The van der Waals surface area contributed by atoms with Crippen molar-refractivity contribution in [2.75, 3.05) is 19.6 Å². The van der Waals surface area contributed by atoms with Crippen LogP contribution in [0, 0.1) is 23.7 Å². The lowest BCUT2D eigenvalue weighted by atomic mass is 9.73. The molecule has 0 radical (unpaired) electrons. The molecule has 7 rings (SSSR count). The standard InChI is InChI=1S/C38H45N3O2/c42-38(43)37(29-13-5-2-6-14-29)30-22-31(34(23-30)27-10-3-1-4-11-27)25-41-20-18-28(19-21-41)35-24-36(40-39-35)33-17-9-15-26-12-7-8-16-32(26)33/h1,3-4,7-12,15-17,24,28-31,34,37H,2,5-6,13-14,18-23,25H2,(H,39,40)(H,42,43). The summed E-state index contributed by atoms with van der Waals surface area (Å²) < 4.78 is 0. The Bertz CT molecular complexity index is 1510. The number of fused-ring (bicyclic) bond motifs is 1. The van der Waals surface area contributed by atoms with Gasteiger partial charge in [-0.05, 0) is 97.7 Å². The van der Waals surface area contributed by atoms with Crippen LogP contribution in [0.5, 0.6) is 0 Å². The number of hydrogen-bond acceptors (Lipinski definition) is 3. The molecule has 3 aromatic carbocycles. The monoisotopic (exact) mass is 575 g/mol. The number of nitrogens with one attached hydrogen (secondary N) is 1. The van der Waals surface area contributed by atoms with Crippen molar-refractivity contribution < 1.29 is 9.90 Å². The van der Waals surface area contributed by atoms with Crippen LogP contribution < -0.4 is 0 Å². The van der Waals surface area contributed by atoms with Crippen molar-refractivity contribution in [3.63, 3.8) is 0 Å². The van der Waals surface area contributed by atoms with Crippen molar-refractivity contribution in [3.8, 4) is 11.3 Å². The number of aromatic nitrogens is 2. The first kappa shape index (κ1) is 28.3. The SMILES string of the molecule is O=C(O)C(C1CCCCC1)C1CC(CN2CCC(c3cc(-c4cccc5ccccc45)n[nH]3)CC2)C(c2ccccc2)C1. The van der Waals surface area contributed by atoms with Gasteiger partial charge in [0.15, 0.2) is 0 Å². The van der Waals surface area contributed by atoms with Crippen LogP contribution in [0.3, 0.4) is 0 Å². The molecule has 0 spiro atoms. The van der Waals surface area contributed by atoms with Crippen LogP contribution in [0.1, 0.15) is 80.9 Å². The number of piperidine rings is 1. The minimum atomic E-state index is -0.549. The smallest absolute Gasteiger partial charge is 0.307 e. The Morgan fingerprint density at radius 3 is 2.40 bits per heavy atom. The Kier molecular flexibility index (Phi) is 8.34. The zero-order valence-electron chi connectivity index (χ0n) is 25.2. The van der Waals surface area contributed by atoms with E-state index < -0.39 is 5.97 Å². The van der Waals surface area contributed by atoms with E-state index in [0.29, 0.717) is 23.7 Å². The van der Waals surface area contributed by atoms with E-state index in [-0.39, 0.29) is 11.8 Å². The van der Waals surface area contributed by atoms with E-state index in [1.165, 1.54) is 46.9 Å². The maximum Gasteiger partial charge on any atom is 0.307 e. The first-order valence-corrected chi connectivity index (χ1v) is 16.7. The molecular weight excluding hydrogens is 530 g/mol. The van der Waals surface area contributed by atoms with Gasteiger partial charge in [0.2, 0.25) is 0 Å². The van der Waals surface area contributed by atoms with Gasteiger partial charge in [-0.3, -0.25) is 9.89 Å². The molecule has 3 aliphatic rings. The van der Waals surface area contributed by atoms with Gasteiger partial charge >= 0.3 is 5.97 Å². The number of rotatable bonds is 8. The number of hydrogen-bond donors (Lipinski definition) is 2. The van der Waals surface area contributed by atoms with Gasteiger partial charge in [0, 0.05) is 23.7 Å². The summed E-state index contributed by atoms with van der Waals surface area (Å²) in [6.45, 7) is 3.24. The minimum absolute atomic E-state index is 0.182. The van der Waals surface area contributed by atoms with Crippen LogP contribution in [0.15, 0.2) is 78.9 Å². The highest BCUT2D eigenvalue weighted by molar-refractivity contribution is 5.95. The minimum Gasteiger partial charge on any atom is -0.481 e. The van der Waals surface area contributed by atoms with Gasteiger partial charge in [-0.2, -0.15) is 5.10 Å². The average molecular weight is 576 g/mol. The van der Waals surface area contributed by atoms with Crippen LogP contribution in [-0.4, -0.2) is 45.8 Å². The topological polar surface area (TPSA) is 69.2 Å². The van der Waals surface area contributed by atoms with Gasteiger partial charge in [0.25, 0.3) is 0 Å². The maximum absolute atomic E-state index is 12.6. The predicted octanol–water partition coefficient (Wildman–Crippen LogP) is 8.50. The molecule has 2 saturated carbocycles. The summed E-state index contributed by atoms with van der Waals surface area (Å²) in [6.07, 6.45) is 10.2. The molecule has 43 heavy (non-hydrogen) atoms.